The van der Waals surface area contributed by atoms with Crippen LogP contribution in [0.1, 0.15) is 36.8 Å². The average Bonchev–Trinajstić information content (AvgIpc) is 3.42. The van der Waals surface area contributed by atoms with Crippen molar-refractivity contribution in [1.82, 2.24) is 24.7 Å². The Labute approximate surface area is 186 Å². The Bertz CT molecular complexity index is 1140. The van der Waals surface area contributed by atoms with Gasteiger partial charge in [0.2, 0.25) is 11.8 Å². The third-order valence-corrected chi connectivity index (χ3v) is 6.83. The van der Waals surface area contributed by atoms with Crippen molar-refractivity contribution in [2.75, 3.05) is 29.4 Å². The fraction of sp³-hybridized carbons (Fsp3) is 0.600. The van der Waals surface area contributed by atoms with Gasteiger partial charge in [0.05, 0.1) is 18.0 Å². The highest BCUT2D eigenvalue weighted by atomic mass is 32.1. The molecular formula is C20H24F3N7OS. The molecule has 0 bridgehead atoms. The summed E-state index contributed by atoms with van der Waals surface area (Å²) < 4.78 is 40.8. The van der Waals surface area contributed by atoms with Crippen LogP contribution in [-0.4, -0.2) is 55.6 Å². The van der Waals surface area contributed by atoms with Gasteiger partial charge in [-0.1, -0.05) is 13.8 Å². The summed E-state index contributed by atoms with van der Waals surface area (Å²) in [5.41, 5.74) is 0. The van der Waals surface area contributed by atoms with Crippen molar-refractivity contribution in [3.8, 4) is 0 Å². The van der Waals surface area contributed by atoms with Crippen molar-refractivity contribution in [1.29, 1.82) is 0 Å². The fourth-order valence-corrected chi connectivity index (χ4v) is 5.53. The predicted octanol–water partition coefficient (Wildman–Crippen LogP) is 3.09. The minimum Gasteiger partial charge on any atom is -0.391 e. The molecule has 3 aromatic heterocycles. The van der Waals surface area contributed by atoms with E-state index in [1.54, 1.807) is 11.3 Å². The van der Waals surface area contributed by atoms with E-state index in [-0.39, 0.29) is 18.9 Å². The number of halogens is 3. The third kappa shape index (κ3) is 3.90. The summed E-state index contributed by atoms with van der Waals surface area (Å²) in [6.45, 7) is 6.12. The first-order chi connectivity index (χ1) is 15.2. The lowest BCUT2D eigenvalue weighted by molar-refractivity contribution is -0.147. The van der Waals surface area contributed by atoms with Crippen molar-refractivity contribution in [2.45, 2.75) is 52.1 Å². The summed E-state index contributed by atoms with van der Waals surface area (Å²) in [5, 5.41) is 18.0. The molecule has 0 spiro atoms. The first-order valence-electron chi connectivity index (χ1n) is 10.7. The van der Waals surface area contributed by atoms with Gasteiger partial charge in [0.15, 0.2) is 5.82 Å². The van der Waals surface area contributed by atoms with E-state index in [4.69, 9.17) is 9.97 Å². The quantitative estimate of drug-likeness (QED) is 0.631. The zero-order valence-corrected chi connectivity index (χ0v) is 18.6. The van der Waals surface area contributed by atoms with Gasteiger partial charge in [-0.25, -0.2) is 4.98 Å². The predicted molar refractivity (Wildman–Crippen MR) is 115 cm³/mol. The summed E-state index contributed by atoms with van der Waals surface area (Å²) in [6, 6.07) is 2.10. The summed E-state index contributed by atoms with van der Waals surface area (Å²) in [4.78, 5) is 15.6. The van der Waals surface area contributed by atoms with E-state index in [2.05, 4.69) is 30.1 Å². The van der Waals surface area contributed by atoms with Gasteiger partial charge in [0.25, 0.3) is 0 Å². The standard InChI is InChI=1S/C20H24F3N7OS/c1-11(2)7-13-8-14-16(24-19(25-17(14)32-13)29-4-3-12(31)9-29)28-5-6-30-15(10-28)26-27-18(30)20(21,22)23/h8,11-12,31H,3-7,9-10H2,1-2H3/t12-/m1/s1. The molecule has 172 valence electrons. The highest BCUT2D eigenvalue weighted by Gasteiger charge is 2.40. The van der Waals surface area contributed by atoms with Gasteiger partial charge >= 0.3 is 6.18 Å². The van der Waals surface area contributed by atoms with Gasteiger partial charge in [-0.05, 0) is 24.8 Å². The summed E-state index contributed by atoms with van der Waals surface area (Å²) in [5.74, 6) is 1.04. The maximum atomic E-state index is 13.2. The molecule has 0 unspecified atom stereocenters. The molecule has 1 fully saturated rings. The number of aliphatic hydroxyl groups is 1. The van der Waals surface area contributed by atoms with Gasteiger partial charge in [0.1, 0.15) is 10.6 Å². The number of aromatic nitrogens is 5. The summed E-state index contributed by atoms with van der Waals surface area (Å²) >= 11 is 1.62. The number of thiophene rings is 1. The van der Waals surface area contributed by atoms with E-state index in [1.807, 2.05) is 9.80 Å². The number of fused-ring (bicyclic) bond motifs is 2. The Morgan fingerprint density at radius 2 is 1.97 bits per heavy atom. The zero-order valence-electron chi connectivity index (χ0n) is 17.8. The minimum absolute atomic E-state index is 0.128. The van der Waals surface area contributed by atoms with Crippen LogP contribution in [-0.2, 0) is 25.7 Å². The van der Waals surface area contributed by atoms with Crippen LogP contribution in [0, 0.1) is 5.92 Å². The highest BCUT2D eigenvalue weighted by molar-refractivity contribution is 7.18. The van der Waals surface area contributed by atoms with Crippen LogP contribution in [0.4, 0.5) is 24.9 Å². The average molecular weight is 468 g/mol. The number of nitrogens with zero attached hydrogens (tertiary/aromatic N) is 7. The number of hydrogen-bond donors (Lipinski definition) is 1. The molecule has 12 heteroatoms. The van der Waals surface area contributed by atoms with Gasteiger partial charge in [-0.15, -0.1) is 21.5 Å². The fourth-order valence-electron chi connectivity index (χ4n) is 4.30. The maximum Gasteiger partial charge on any atom is 0.451 e. The van der Waals surface area contributed by atoms with Gasteiger partial charge in [0, 0.05) is 31.1 Å². The van der Waals surface area contributed by atoms with Crippen molar-refractivity contribution < 1.29 is 18.3 Å². The Morgan fingerprint density at radius 3 is 2.66 bits per heavy atom. The van der Waals surface area contributed by atoms with E-state index in [9.17, 15) is 18.3 Å². The highest BCUT2D eigenvalue weighted by Crippen LogP contribution is 2.36. The molecule has 5 heterocycles. The number of anilines is 2. The van der Waals surface area contributed by atoms with Crippen LogP contribution in [0.5, 0.6) is 0 Å². The molecule has 0 radical (unpaired) electrons. The van der Waals surface area contributed by atoms with Gasteiger partial charge < -0.3 is 19.5 Å². The Morgan fingerprint density at radius 1 is 1.16 bits per heavy atom. The van der Waals surface area contributed by atoms with E-state index in [0.717, 1.165) is 21.2 Å². The molecule has 3 aromatic rings. The van der Waals surface area contributed by atoms with Crippen LogP contribution >= 0.6 is 11.3 Å². The second-order valence-electron chi connectivity index (χ2n) is 8.78. The number of hydrogen-bond acceptors (Lipinski definition) is 8. The Kier molecular flexibility index (Phi) is 5.24. The molecular weight excluding hydrogens is 443 g/mol. The first kappa shape index (κ1) is 21.4. The van der Waals surface area contributed by atoms with Crippen LogP contribution in [0.2, 0.25) is 0 Å². The molecule has 0 aliphatic carbocycles. The van der Waals surface area contributed by atoms with Crippen molar-refractivity contribution >= 4 is 33.3 Å². The number of rotatable bonds is 4. The summed E-state index contributed by atoms with van der Waals surface area (Å²) in [7, 11) is 0. The van der Waals surface area contributed by atoms with Crippen LogP contribution in [0.25, 0.3) is 10.2 Å². The normalized spacial score (nSPS) is 19.4. The van der Waals surface area contributed by atoms with Crippen molar-refractivity contribution in [2.24, 2.45) is 5.92 Å². The topological polar surface area (TPSA) is 83.2 Å². The minimum atomic E-state index is -4.53. The lowest BCUT2D eigenvalue weighted by Gasteiger charge is -2.30. The largest absolute Gasteiger partial charge is 0.451 e. The molecule has 0 saturated carbocycles. The second-order valence-corrected chi connectivity index (χ2v) is 9.89. The molecule has 32 heavy (non-hydrogen) atoms. The molecule has 8 nitrogen and oxygen atoms in total. The van der Waals surface area contributed by atoms with Gasteiger partial charge in [-0.3, -0.25) is 0 Å². The second kappa shape index (κ2) is 7.84. The molecule has 2 aliphatic heterocycles. The smallest absolute Gasteiger partial charge is 0.391 e. The molecule has 1 N–H and O–H groups in total. The van der Waals surface area contributed by atoms with Crippen LogP contribution < -0.4 is 9.80 Å². The van der Waals surface area contributed by atoms with Crippen LogP contribution in [0.3, 0.4) is 0 Å². The number of alkyl halides is 3. The molecule has 0 amide bonds. The molecule has 1 saturated heterocycles. The van der Waals surface area contributed by atoms with Crippen LogP contribution in [0.15, 0.2) is 6.07 Å². The first-order valence-corrected chi connectivity index (χ1v) is 11.5. The van der Waals surface area contributed by atoms with E-state index in [1.165, 1.54) is 4.88 Å². The number of β-amino-alcohol motifs (C(OH)–C–C–N with tert-alkyl or cyclic N) is 1. The lowest BCUT2D eigenvalue weighted by atomic mass is 10.1. The SMILES string of the molecule is CC(C)Cc1cc2c(N3CCn4c(nnc4C(F)(F)F)C3)nc(N3CC[C@@H](O)C3)nc2s1. The Balaban J connectivity index is 1.54. The van der Waals surface area contributed by atoms with Crippen molar-refractivity contribution in [3.63, 3.8) is 0 Å². The zero-order chi connectivity index (χ0) is 22.6. The van der Waals surface area contributed by atoms with E-state index < -0.39 is 18.1 Å². The molecule has 5 rings (SSSR count). The maximum absolute atomic E-state index is 13.2. The molecule has 0 aromatic carbocycles. The molecule has 1 atom stereocenters. The number of aliphatic hydroxyl groups excluding tert-OH is 1. The monoisotopic (exact) mass is 467 g/mol. The third-order valence-electron chi connectivity index (χ3n) is 5.77. The van der Waals surface area contributed by atoms with E-state index >= 15 is 0 Å². The molecule has 2 aliphatic rings. The Hall–Kier alpha value is -2.47. The van der Waals surface area contributed by atoms with Gasteiger partial charge in [-0.2, -0.15) is 18.2 Å². The lowest BCUT2D eigenvalue weighted by Crippen LogP contribution is -2.36. The summed E-state index contributed by atoms with van der Waals surface area (Å²) in [6.07, 6.45) is -3.36. The van der Waals surface area contributed by atoms with Crippen molar-refractivity contribution in [3.05, 3.63) is 22.6 Å². The van der Waals surface area contributed by atoms with E-state index in [0.29, 0.717) is 43.7 Å².